The number of fused-ring (bicyclic) bond motifs is 3. The lowest BCUT2D eigenvalue weighted by atomic mass is 9.99. The summed E-state index contributed by atoms with van der Waals surface area (Å²) >= 11 is 6.82. The number of hydrogen-bond donors (Lipinski definition) is 1. The summed E-state index contributed by atoms with van der Waals surface area (Å²) < 4.78 is 2.01. The van der Waals surface area contributed by atoms with Crippen LogP contribution in [-0.4, -0.2) is 20.3 Å². The number of nitrogens with one attached hydrogen (secondary N) is 1. The summed E-state index contributed by atoms with van der Waals surface area (Å²) in [6, 6.07) is 15.7. The predicted molar refractivity (Wildman–Crippen MR) is 136 cm³/mol. The van der Waals surface area contributed by atoms with Crippen molar-refractivity contribution in [3.8, 4) is 11.1 Å². The minimum atomic E-state index is -0.213. The normalized spacial score (nSPS) is 13.0. The molecule has 3 aromatic heterocycles. The summed E-state index contributed by atoms with van der Waals surface area (Å²) in [7, 11) is 0. The fourth-order valence-electron chi connectivity index (χ4n) is 5.27. The van der Waals surface area contributed by atoms with E-state index in [1.165, 1.54) is 11.1 Å². The van der Waals surface area contributed by atoms with Gasteiger partial charge in [0.1, 0.15) is 0 Å². The lowest BCUT2D eigenvalue weighted by Crippen LogP contribution is -2.12. The van der Waals surface area contributed by atoms with E-state index in [4.69, 9.17) is 11.6 Å². The van der Waals surface area contributed by atoms with Crippen LogP contribution < -0.4 is 5.56 Å². The minimum absolute atomic E-state index is 0.0977. The van der Waals surface area contributed by atoms with E-state index in [0.717, 1.165) is 46.6 Å². The second-order valence-corrected chi connectivity index (χ2v) is 9.26. The molecule has 0 unspecified atom stereocenters. The molecule has 0 radical (unpaired) electrons. The van der Waals surface area contributed by atoms with Gasteiger partial charge in [-0.3, -0.25) is 14.6 Å². The smallest absolute Gasteiger partial charge is 0.255 e. The number of aryl methyl sites for hydroxylation is 2. The number of hydrogen-bond acceptors (Lipinski definition) is 3. The van der Waals surface area contributed by atoms with E-state index in [-0.39, 0.29) is 11.3 Å². The molecule has 1 aliphatic carbocycles. The topological polar surface area (TPSA) is 67.8 Å². The number of carbonyl (C=O) groups excluding carboxylic acids is 1. The van der Waals surface area contributed by atoms with Crippen molar-refractivity contribution < 1.29 is 4.79 Å². The molecule has 0 saturated carbocycles. The lowest BCUT2D eigenvalue weighted by molar-refractivity contribution is 0.101. The monoisotopic (exact) mass is 467 g/mol. The molecular weight excluding hydrogens is 446 g/mol. The first-order chi connectivity index (χ1) is 16.5. The maximum absolute atomic E-state index is 13.1. The number of ketones is 1. The van der Waals surface area contributed by atoms with Crippen LogP contribution in [-0.2, 0) is 19.4 Å². The molecule has 5 nitrogen and oxygen atoms in total. The number of aromatic amines is 1. The fraction of sp³-hybridized carbons (Fsp3) is 0.179. The maximum Gasteiger partial charge on any atom is 0.255 e. The summed E-state index contributed by atoms with van der Waals surface area (Å²) in [6.45, 7) is 1.94. The molecule has 0 fully saturated rings. The van der Waals surface area contributed by atoms with Gasteiger partial charge in [-0.05, 0) is 60.7 Å². The van der Waals surface area contributed by atoms with Gasteiger partial charge in [0.05, 0.1) is 22.8 Å². The number of pyridine rings is 2. The van der Waals surface area contributed by atoms with Crippen LogP contribution in [0.4, 0.5) is 0 Å². The van der Waals surface area contributed by atoms with Crippen molar-refractivity contribution in [2.45, 2.75) is 32.7 Å². The third kappa shape index (κ3) is 3.19. The van der Waals surface area contributed by atoms with Crippen LogP contribution in [0.25, 0.3) is 32.9 Å². The molecule has 2 aromatic carbocycles. The van der Waals surface area contributed by atoms with Gasteiger partial charge in [0.15, 0.2) is 5.78 Å². The van der Waals surface area contributed by atoms with Crippen molar-refractivity contribution in [1.29, 1.82) is 0 Å². The summed E-state index contributed by atoms with van der Waals surface area (Å²) in [5, 5.41) is 2.43. The van der Waals surface area contributed by atoms with Gasteiger partial charge in [-0.15, -0.1) is 0 Å². The maximum atomic E-state index is 13.1. The number of benzene rings is 2. The van der Waals surface area contributed by atoms with Crippen LogP contribution >= 0.6 is 11.6 Å². The Labute approximate surface area is 201 Å². The number of Topliss-reactive ketones (excluding diaryl/α,β-unsaturated/α-hetero) is 1. The van der Waals surface area contributed by atoms with Crippen molar-refractivity contribution in [3.63, 3.8) is 0 Å². The van der Waals surface area contributed by atoms with E-state index >= 15 is 0 Å². The van der Waals surface area contributed by atoms with Crippen LogP contribution in [0.5, 0.6) is 0 Å². The molecule has 5 aromatic rings. The molecule has 0 amide bonds. The van der Waals surface area contributed by atoms with Crippen LogP contribution in [0.2, 0.25) is 5.02 Å². The average Bonchev–Trinajstić information content (AvgIpc) is 3.42. The molecule has 0 atom stereocenters. The van der Waals surface area contributed by atoms with E-state index in [0.29, 0.717) is 28.4 Å². The van der Waals surface area contributed by atoms with E-state index < -0.39 is 0 Å². The van der Waals surface area contributed by atoms with Crippen molar-refractivity contribution in [1.82, 2.24) is 14.5 Å². The largest absolute Gasteiger partial charge is 0.333 e. The molecule has 0 saturated heterocycles. The van der Waals surface area contributed by atoms with Crippen molar-refractivity contribution in [2.75, 3.05) is 0 Å². The van der Waals surface area contributed by atoms with E-state index in [2.05, 4.69) is 22.1 Å². The van der Waals surface area contributed by atoms with Crippen LogP contribution in [0.1, 0.15) is 40.5 Å². The SMILES string of the molecule is CC(=O)c1c(-c2ccc[nH]c2=O)c2cc3c(cc2n1Cc1cnc2ccccc2c1Cl)CCC3. The number of aromatic nitrogens is 3. The van der Waals surface area contributed by atoms with Gasteiger partial charge >= 0.3 is 0 Å². The third-order valence-electron chi connectivity index (χ3n) is 6.81. The van der Waals surface area contributed by atoms with Gasteiger partial charge in [-0.2, -0.15) is 0 Å². The highest BCUT2D eigenvalue weighted by Gasteiger charge is 2.26. The van der Waals surface area contributed by atoms with Gasteiger partial charge < -0.3 is 9.55 Å². The molecule has 6 rings (SSSR count). The first-order valence-corrected chi connectivity index (χ1v) is 11.8. The van der Waals surface area contributed by atoms with Gasteiger partial charge in [0, 0.05) is 52.3 Å². The standard InChI is InChI=1S/C28H22ClN3O2/c1-16(33)27-25(21-9-5-11-30-28(21)34)22-12-17-6-4-7-18(17)13-24(22)32(27)15-19-14-31-23-10-3-2-8-20(23)26(19)29/h2-3,5,8-14H,4,6-7,15H2,1H3,(H,30,34). The Bertz CT molecular complexity index is 1680. The van der Waals surface area contributed by atoms with Gasteiger partial charge in [-0.25, -0.2) is 0 Å². The van der Waals surface area contributed by atoms with Gasteiger partial charge in [0.25, 0.3) is 5.56 Å². The number of H-pyrrole nitrogens is 1. The molecule has 34 heavy (non-hydrogen) atoms. The Morgan fingerprint density at radius 2 is 1.88 bits per heavy atom. The molecule has 1 N–H and O–H groups in total. The van der Waals surface area contributed by atoms with Crippen molar-refractivity contribution in [3.05, 3.63) is 98.7 Å². The third-order valence-corrected chi connectivity index (χ3v) is 7.25. The number of carbonyl (C=O) groups is 1. The Morgan fingerprint density at radius 1 is 1.09 bits per heavy atom. The van der Waals surface area contributed by atoms with Gasteiger partial charge in [0.2, 0.25) is 0 Å². The molecule has 1 aliphatic rings. The highest BCUT2D eigenvalue weighted by atomic mass is 35.5. The Balaban J connectivity index is 1.67. The summed E-state index contributed by atoms with van der Waals surface area (Å²) in [5.41, 5.74) is 6.67. The predicted octanol–water partition coefficient (Wildman–Crippen LogP) is 5.94. The van der Waals surface area contributed by atoms with Crippen molar-refractivity contribution >= 4 is 39.2 Å². The fourth-order valence-corrected chi connectivity index (χ4v) is 5.54. The minimum Gasteiger partial charge on any atom is -0.333 e. The summed E-state index contributed by atoms with van der Waals surface area (Å²) in [6.07, 6.45) is 6.53. The van der Waals surface area contributed by atoms with Gasteiger partial charge in [-0.1, -0.05) is 29.8 Å². The molecule has 0 aliphatic heterocycles. The van der Waals surface area contributed by atoms with Crippen molar-refractivity contribution in [2.24, 2.45) is 0 Å². The quantitative estimate of drug-likeness (QED) is 0.333. The Hall–Kier alpha value is -3.70. The number of rotatable bonds is 4. The average molecular weight is 468 g/mol. The van der Waals surface area contributed by atoms with E-state index in [1.54, 1.807) is 31.5 Å². The van der Waals surface area contributed by atoms with Crippen LogP contribution in [0.3, 0.4) is 0 Å². The zero-order chi connectivity index (χ0) is 23.4. The molecule has 6 heteroatoms. The zero-order valence-electron chi connectivity index (χ0n) is 18.7. The molecule has 3 heterocycles. The summed E-state index contributed by atoms with van der Waals surface area (Å²) in [5.74, 6) is -0.0977. The Kier molecular flexibility index (Phi) is 4.89. The highest BCUT2D eigenvalue weighted by molar-refractivity contribution is 6.36. The lowest BCUT2D eigenvalue weighted by Gasteiger charge is -2.13. The molecule has 168 valence electrons. The number of halogens is 1. The van der Waals surface area contributed by atoms with Crippen LogP contribution in [0, 0.1) is 0 Å². The van der Waals surface area contributed by atoms with E-state index in [9.17, 15) is 9.59 Å². The molecule has 0 bridgehead atoms. The second-order valence-electron chi connectivity index (χ2n) is 8.89. The molecular formula is C28H22ClN3O2. The van der Waals surface area contributed by atoms with E-state index in [1.807, 2.05) is 28.8 Å². The summed E-state index contributed by atoms with van der Waals surface area (Å²) in [4.78, 5) is 33.3. The zero-order valence-corrected chi connectivity index (χ0v) is 19.4. The van der Waals surface area contributed by atoms with Crippen LogP contribution in [0.15, 0.2) is 65.7 Å². The molecule has 0 spiro atoms. The number of nitrogens with zero attached hydrogens (tertiary/aromatic N) is 2. The second kappa shape index (κ2) is 7.96. The Morgan fingerprint density at radius 3 is 2.68 bits per heavy atom. The highest BCUT2D eigenvalue weighted by Crippen LogP contribution is 2.39. The first kappa shape index (κ1) is 20.9. The first-order valence-electron chi connectivity index (χ1n) is 11.4. The number of para-hydroxylation sites is 1.